The predicted octanol–water partition coefficient (Wildman–Crippen LogP) is 5.79. The van der Waals surface area contributed by atoms with Gasteiger partial charge >= 0.3 is 0 Å². The molecule has 28 heavy (non-hydrogen) atoms. The van der Waals surface area contributed by atoms with Crippen molar-refractivity contribution >= 4 is 0 Å². The topological polar surface area (TPSA) is 50.0 Å². The van der Waals surface area contributed by atoms with Gasteiger partial charge in [-0.05, 0) is 69.1 Å². The van der Waals surface area contributed by atoms with Crippen molar-refractivity contribution in [1.82, 2.24) is 0 Å². The summed E-state index contributed by atoms with van der Waals surface area (Å²) < 4.78 is 59.6. The Balaban J connectivity index is 0. The maximum atomic E-state index is 12.8. The minimum atomic E-state index is -2.01. The van der Waals surface area contributed by atoms with Crippen LogP contribution in [0, 0.1) is 17.8 Å². The summed E-state index contributed by atoms with van der Waals surface area (Å²) >= 11 is 0. The molecular weight excluding hydrogens is 376 g/mol. The van der Waals surface area contributed by atoms with Crippen LogP contribution in [0.1, 0.15) is 74.0 Å². The van der Waals surface area contributed by atoms with Gasteiger partial charge in [-0.25, -0.2) is 17.6 Å². The van der Waals surface area contributed by atoms with Gasteiger partial charge in [0.2, 0.25) is 0 Å². The third-order valence-electron chi connectivity index (χ3n) is 6.78. The molecule has 0 heterocycles. The van der Waals surface area contributed by atoms with Gasteiger partial charge in [-0.3, -0.25) is 0 Å². The minimum absolute atomic E-state index is 0. The first-order valence-electron chi connectivity index (χ1n) is 10.6. The van der Waals surface area contributed by atoms with E-state index in [1.165, 1.54) is 45.6 Å². The van der Waals surface area contributed by atoms with Crippen molar-refractivity contribution in [3.8, 4) is 0 Å². The second kappa shape index (κ2) is 13.0. The van der Waals surface area contributed by atoms with Crippen molar-refractivity contribution < 1.29 is 35.4 Å². The lowest BCUT2D eigenvalue weighted by Gasteiger charge is -2.36. The summed E-state index contributed by atoms with van der Waals surface area (Å²) in [5, 5.41) is 0. The summed E-state index contributed by atoms with van der Waals surface area (Å²) in [6.45, 7) is 1.78. The van der Waals surface area contributed by atoms with Crippen LogP contribution < -0.4 is 0 Å². The van der Waals surface area contributed by atoms with Gasteiger partial charge < -0.3 is 14.9 Å². The zero-order chi connectivity index (χ0) is 19.8. The Hall–Kier alpha value is -0.400. The van der Waals surface area contributed by atoms with E-state index in [-0.39, 0.29) is 27.3 Å². The molecule has 0 spiro atoms. The second-order valence-electron chi connectivity index (χ2n) is 8.59. The molecule has 0 bridgehead atoms. The SMILES string of the molecule is CC1CCC(C2CCC(OCF)CC2)CC1.COC1CCC(F)C(F)C1F.O.[HH].[HH]. The summed E-state index contributed by atoms with van der Waals surface area (Å²) in [5.41, 5.74) is 0. The summed E-state index contributed by atoms with van der Waals surface area (Å²) in [5.74, 6) is 2.82. The van der Waals surface area contributed by atoms with Crippen LogP contribution in [0.25, 0.3) is 0 Å². The first-order chi connectivity index (χ1) is 13.0. The van der Waals surface area contributed by atoms with Gasteiger partial charge in [0.05, 0.1) is 12.2 Å². The number of hydrogen-bond acceptors (Lipinski definition) is 2. The average Bonchev–Trinajstić information content (AvgIpc) is 2.68. The van der Waals surface area contributed by atoms with E-state index < -0.39 is 31.5 Å². The van der Waals surface area contributed by atoms with E-state index >= 15 is 0 Å². The third-order valence-corrected chi connectivity index (χ3v) is 6.78. The predicted molar refractivity (Wildman–Crippen MR) is 106 cm³/mol. The minimum Gasteiger partial charge on any atom is -0.412 e. The highest BCUT2D eigenvalue weighted by Crippen LogP contribution is 2.40. The van der Waals surface area contributed by atoms with Crippen LogP contribution in [-0.4, -0.2) is 50.2 Å². The fraction of sp³-hybridized carbons (Fsp3) is 1.00. The highest BCUT2D eigenvalue weighted by Gasteiger charge is 2.40. The average molecular weight is 419 g/mol. The smallest absolute Gasteiger partial charge is 0.188 e. The Morgan fingerprint density at radius 2 is 1.32 bits per heavy atom. The highest BCUT2D eigenvalue weighted by molar-refractivity contribution is 4.88. The van der Waals surface area contributed by atoms with E-state index in [1.54, 1.807) is 0 Å². The maximum Gasteiger partial charge on any atom is 0.188 e. The van der Waals surface area contributed by atoms with E-state index in [1.807, 2.05) is 0 Å². The summed E-state index contributed by atoms with van der Waals surface area (Å²) in [6.07, 6.45) is 4.71. The first kappa shape index (κ1) is 25.6. The molecule has 0 saturated heterocycles. The zero-order valence-corrected chi connectivity index (χ0v) is 17.2. The Labute approximate surface area is 169 Å². The fourth-order valence-corrected chi connectivity index (χ4v) is 4.87. The molecule has 0 aromatic heterocycles. The van der Waals surface area contributed by atoms with Crippen molar-refractivity contribution in [1.29, 1.82) is 0 Å². The van der Waals surface area contributed by atoms with Gasteiger partial charge in [-0.2, -0.15) is 0 Å². The van der Waals surface area contributed by atoms with Gasteiger partial charge in [0.15, 0.2) is 19.2 Å². The molecule has 3 rings (SSSR count). The van der Waals surface area contributed by atoms with Crippen LogP contribution in [-0.2, 0) is 9.47 Å². The standard InChI is InChI=1S/C14H25FO.C7H11F3O.H2O.2H2/c1-11-2-4-12(5-3-11)13-6-8-14(9-7-13)16-10-15;1-11-5-3-2-4(8)6(9)7(5)10;;;/h11-14H,2-10H2,1H3;4-7H,2-3H2,1H3;1H2;2*1H. The molecule has 2 N–H and O–H groups in total. The number of hydrogen-bond donors (Lipinski definition) is 0. The van der Waals surface area contributed by atoms with Crippen LogP contribution in [0.2, 0.25) is 0 Å². The number of methoxy groups -OCH3 is 1. The quantitative estimate of drug-likeness (QED) is 0.543. The second-order valence-corrected chi connectivity index (χ2v) is 8.59. The van der Waals surface area contributed by atoms with Crippen molar-refractivity contribution in [3.05, 3.63) is 0 Å². The van der Waals surface area contributed by atoms with Gasteiger partial charge in [-0.15, -0.1) is 0 Å². The third kappa shape index (κ3) is 7.45. The van der Waals surface area contributed by atoms with Crippen molar-refractivity contribution in [2.24, 2.45) is 17.8 Å². The van der Waals surface area contributed by atoms with Crippen LogP contribution in [0.3, 0.4) is 0 Å². The van der Waals surface area contributed by atoms with E-state index in [9.17, 15) is 17.6 Å². The highest BCUT2D eigenvalue weighted by atomic mass is 19.2. The Morgan fingerprint density at radius 1 is 0.786 bits per heavy atom. The molecule has 4 unspecified atom stereocenters. The lowest BCUT2D eigenvalue weighted by molar-refractivity contribution is -0.0626. The van der Waals surface area contributed by atoms with E-state index in [0.29, 0.717) is 0 Å². The molecule has 0 amide bonds. The molecule has 0 radical (unpaired) electrons. The van der Waals surface area contributed by atoms with Crippen LogP contribution in [0.5, 0.6) is 0 Å². The Morgan fingerprint density at radius 3 is 1.82 bits per heavy atom. The fourth-order valence-electron chi connectivity index (χ4n) is 4.87. The molecule has 3 saturated carbocycles. The first-order valence-corrected chi connectivity index (χ1v) is 10.6. The molecule has 7 heteroatoms. The zero-order valence-electron chi connectivity index (χ0n) is 17.2. The molecule has 0 aromatic carbocycles. The molecule has 4 atom stereocenters. The Bertz CT molecular complexity index is 408. The monoisotopic (exact) mass is 418 g/mol. The molecule has 3 fully saturated rings. The van der Waals surface area contributed by atoms with Crippen molar-refractivity contribution in [2.75, 3.05) is 14.0 Å². The van der Waals surface area contributed by atoms with E-state index in [4.69, 9.17) is 4.74 Å². The summed E-state index contributed by atoms with van der Waals surface area (Å²) in [4.78, 5) is 0. The van der Waals surface area contributed by atoms with Gasteiger partial charge in [-0.1, -0.05) is 19.8 Å². The number of ether oxygens (including phenoxy) is 2. The molecular formula is C21H42F4O3. The van der Waals surface area contributed by atoms with Crippen molar-refractivity contribution in [2.45, 2.75) is 102 Å². The van der Waals surface area contributed by atoms with E-state index in [0.717, 1.165) is 30.6 Å². The van der Waals surface area contributed by atoms with Crippen molar-refractivity contribution in [3.63, 3.8) is 0 Å². The normalized spacial score (nSPS) is 41.4. The van der Waals surface area contributed by atoms with Gasteiger partial charge in [0, 0.05) is 9.96 Å². The van der Waals surface area contributed by atoms with Gasteiger partial charge in [0.1, 0.15) is 6.17 Å². The number of alkyl halides is 4. The van der Waals surface area contributed by atoms with Crippen LogP contribution >= 0.6 is 0 Å². The van der Waals surface area contributed by atoms with E-state index in [2.05, 4.69) is 11.7 Å². The molecule has 3 nitrogen and oxygen atoms in total. The largest absolute Gasteiger partial charge is 0.412 e. The van der Waals surface area contributed by atoms with Crippen LogP contribution in [0.4, 0.5) is 17.6 Å². The Kier molecular flexibility index (Phi) is 11.9. The molecule has 0 aliphatic heterocycles. The van der Waals surface area contributed by atoms with Crippen LogP contribution in [0.15, 0.2) is 0 Å². The summed E-state index contributed by atoms with van der Waals surface area (Å²) in [7, 11) is 1.31. The molecule has 0 aromatic rings. The molecule has 3 aliphatic carbocycles. The maximum absolute atomic E-state index is 12.8. The lowest BCUT2D eigenvalue weighted by atomic mass is 9.71. The number of rotatable bonds is 4. The molecule has 3 aliphatic rings. The lowest BCUT2D eigenvalue weighted by Crippen LogP contribution is -2.43. The van der Waals surface area contributed by atoms with Gasteiger partial charge in [0.25, 0.3) is 0 Å². The number of halogens is 4. The molecule has 172 valence electrons. The summed E-state index contributed by atoms with van der Waals surface area (Å²) in [6, 6.07) is 0.